The Labute approximate surface area is 194 Å². The third-order valence-electron chi connectivity index (χ3n) is 6.41. The van der Waals surface area contributed by atoms with Crippen molar-refractivity contribution < 1.29 is 33.7 Å². The van der Waals surface area contributed by atoms with E-state index in [1.54, 1.807) is 51.7 Å². The van der Waals surface area contributed by atoms with Crippen LogP contribution in [0.5, 0.6) is 28.7 Å². The number of rotatable bonds is 6. The van der Waals surface area contributed by atoms with E-state index in [1.165, 1.54) is 11.3 Å². The van der Waals surface area contributed by atoms with Crippen LogP contribution >= 0.6 is 0 Å². The summed E-state index contributed by atoms with van der Waals surface area (Å²) < 4.78 is 22.3. The SMILES string of the molecule is COc1cc(/C=C2\Oc3c(ccc(O)c3C[NH+]3C[C@@H](C)C[C@H](C)C3)C2=O)cc(OC)c1OC. The molecule has 1 fully saturated rings. The van der Waals surface area contributed by atoms with Gasteiger partial charge in [-0.05, 0) is 42.3 Å². The number of ketones is 1. The summed E-state index contributed by atoms with van der Waals surface area (Å²) in [7, 11) is 4.63. The van der Waals surface area contributed by atoms with Crippen LogP contribution in [0.2, 0.25) is 0 Å². The van der Waals surface area contributed by atoms with E-state index in [9.17, 15) is 9.90 Å². The topological polar surface area (TPSA) is 78.7 Å². The molecule has 0 aliphatic carbocycles. The minimum Gasteiger partial charge on any atom is -0.507 e. The van der Waals surface area contributed by atoms with Crippen molar-refractivity contribution in [2.45, 2.75) is 26.8 Å². The average Bonchev–Trinajstić information content (AvgIpc) is 3.09. The van der Waals surface area contributed by atoms with Crippen LogP contribution < -0.4 is 23.8 Å². The zero-order chi connectivity index (χ0) is 23.7. The Morgan fingerprint density at radius 2 is 1.70 bits per heavy atom. The average molecular weight is 455 g/mol. The van der Waals surface area contributed by atoms with Gasteiger partial charge in [0.05, 0.1) is 45.5 Å². The number of piperidine rings is 1. The molecule has 33 heavy (non-hydrogen) atoms. The minimum absolute atomic E-state index is 0.161. The first kappa shape index (κ1) is 23.0. The van der Waals surface area contributed by atoms with Gasteiger partial charge in [-0.2, -0.15) is 0 Å². The molecule has 0 amide bonds. The van der Waals surface area contributed by atoms with Crippen molar-refractivity contribution in [3.05, 3.63) is 46.7 Å². The molecule has 0 saturated carbocycles. The monoisotopic (exact) mass is 454 g/mol. The first-order valence-corrected chi connectivity index (χ1v) is 11.3. The fourth-order valence-corrected chi connectivity index (χ4v) is 5.12. The summed E-state index contributed by atoms with van der Waals surface area (Å²) in [5, 5.41) is 10.6. The molecule has 0 radical (unpaired) electrons. The van der Waals surface area contributed by atoms with Crippen LogP contribution in [-0.4, -0.2) is 45.3 Å². The molecule has 0 bridgehead atoms. The Morgan fingerprint density at radius 1 is 1.06 bits per heavy atom. The number of likely N-dealkylation sites (tertiary alicyclic amines) is 1. The van der Waals surface area contributed by atoms with Gasteiger partial charge in [0.15, 0.2) is 23.0 Å². The Balaban J connectivity index is 1.66. The summed E-state index contributed by atoms with van der Waals surface area (Å²) in [5.74, 6) is 3.30. The van der Waals surface area contributed by atoms with E-state index >= 15 is 0 Å². The zero-order valence-corrected chi connectivity index (χ0v) is 19.9. The lowest BCUT2D eigenvalue weighted by Gasteiger charge is -2.32. The number of Topliss-reactive ketones (excluding diaryl/α,β-unsaturated/α-hetero) is 1. The summed E-state index contributed by atoms with van der Waals surface area (Å²) >= 11 is 0. The number of nitrogens with one attached hydrogen (secondary N) is 1. The number of carbonyl (C=O) groups excluding carboxylic acids is 1. The first-order valence-electron chi connectivity index (χ1n) is 11.3. The second-order valence-corrected chi connectivity index (χ2v) is 9.12. The highest BCUT2D eigenvalue weighted by Crippen LogP contribution is 2.41. The Hall–Kier alpha value is -3.19. The molecular formula is C26H32NO6+. The van der Waals surface area contributed by atoms with Crippen molar-refractivity contribution in [2.24, 2.45) is 11.8 Å². The Bertz CT molecular complexity index is 1060. The predicted molar refractivity (Wildman–Crippen MR) is 124 cm³/mol. The number of fused-ring (bicyclic) bond motifs is 1. The molecule has 2 aromatic rings. The summed E-state index contributed by atoms with van der Waals surface area (Å²) in [5.41, 5.74) is 1.83. The van der Waals surface area contributed by atoms with Crippen molar-refractivity contribution in [1.82, 2.24) is 0 Å². The lowest BCUT2D eigenvalue weighted by atomic mass is 9.91. The van der Waals surface area contributed by atoms with Gasteiger partial charge in [0.2, 0.25) is 11.5 Å². The van der Waals surface area contributed by atoms with Gasteiger partial charge in [-0.25, -0.2) is 0 Å². The summed E-state index contributed by atoms with van der Waals surface area (Å²) in [4.78, 5) is 14.5. The van der Waals surface area contributed by atoms with Gasteiger partial charge in [0.1, 0.15) is 12.3 Å². The van der Waals surface area contributed by atoms with Crippen molar-refractivity contribution in [3.63, 3.8) is 0 Å². The number of carbonyl (C=O) groups is 1. The van der Waals surface area contributed by atoms with Crippen LogP contribution in [0.15, 0.2) is 30.0 Å². The van der Waals surface area contributed by atoms with Crippen LogP contribution in [0.3, 0.4) is 0 Å². The maximum Gasteiger partial charge on any atom is 0.231 e. The van der Waals surface area contributed by atoms with Gasteiger partial charge >= 0.3 is 0 Å². The number of phenols is 1. The van der Waals surface area contributed by atoms with Crippen molar-refractivity contribution in [2.75, 3.05) is 34.4 Å². The predicted octanol–water partition coefficient (Wildman–Crippen LogP) is 3.10. The van der Waals surface area contributed by atoms with E-state index in [-0.39, 0.29) is 17.3 Å². The van der Waals surface area contributed by atoms with Crippen molar-refractivity contribution in [3.8, 4) is 28.7 Å². The molecule has 2 aliphatic heterocycles. The number of ether oxygens (including phenoxy) is 4. The molecule has 0 aromatic heterocycles. The molecule has 1 saturated heterocycles. The number of aromatic hydroxyl groups is 1. The molecule has 0 spiro atoms. The van der Waals surface area contributed by atoms with Gasteiger partial charge in [0, 0.05) is 11.8 Å². The van der Waals surface area contributed by atoms with Crippen LogP contribution in [-0.2, 0) is 6.54 Å². The van der Waals surface area contributed by atoms with Gasteiger partial charge in [-0.15, -0.1) is 0 Å². The highest BCUT2D eigenvalue weighted by molar-refractivity contribution is 6.15. The number of methoxy groups -OCH3 is 3. The fraction of sp³-hybridized carbons (Fsp3) is 0.423. The second-order valence-electron chi connectivity index (χ2n) is 9.12. The van der Waals surface area contributed by atoms with Crippen molar-refractivity contribution in [1.29, 1.82) is 0 Å². The lowest BCUT2D eigenvalue weighted by molar-refractivity contribution is -0.925. The van der Waals surface area contributed by atoms with E-state index in [4.69, 9.17) is 18.9 Å². The van der Waals surface area contributed by atoms with Gasteiger partial charge in [-0.1, -0.05) is 13.8 Å². The quantitative estimate of drug-likeness (QED) is 0.653. The standard InChI is InChI=1S/C26H31NO6/c1-15-8-16(2)13-27(12-15)14-19-20(28)7-6-18-24(29)21(33-25(18)19)9-17-10-22(30-3)26(32-5)23(11-17)31-4/h6-7,9-11,15-16,28H,8,12-14H2,1-5H3/p+1/b21-9-/t15-,16-/m0/s1. The molecule has 2 aromatic carbocycles. The Kier molecular flexibility index (Phi) is 6.51. The van der Waals surface area contributed by atoms with Crippen LogP contribution in [0.1, 0.15) is 41.8 Å². The number of hydrogen-bond donors (Lipinski definition) is 2. The maximum absolute atomic E-state index is 13.1. The lowest BCUT2D eigenvalue weighted by Crippen LogP contribution is -3.13. The molecule has 7 nitrogen and oxygen atoms in total. The summed E-state index contributed by atoms with van der Waals surface area (Å²) in [6, 6.07) is 6.73. The zero-order valence-electron chi connectivity index (χ0n) is 19.9. The largest absolute Gasteiger partial charge is 0.507 e. The van der Waals surface area contributed by atoms with Crippen LogP contribution in [0.25, 0.3) is 6.08 Å². The highest BCUT2D eigenvalue weighted by Gasteiger charge is 2.34. The molecule has 2 heterocycles. The fourth-order valence-electron chi connectivity index (χ4n) is 5.12. The molecule has 2 atom stereocenters. The summed E-state index contributed by atoms with van der Waals surface area (Å²) in [6.07, 6.45) is 2.88. The molecule has 2 N–H and O–H groups in total. The summed E-state index contributed by atoms with van der Waals surface area (Å²) in [6.45, 7) is 7.23. The maximum atomic E-state index is 13.1. The van der Waals surface area contributed by atoms with E-state index < -0.39 is 0 Å². The first-order chi connectivity index (χ1) is 15.8. The molecule has 4 rings (SSSR count). The number of quaternary nitrogens is 1. The number of hydrogen-bond acceptors (Lipinski definition) is 6. The van der Waals surface area contributed by atoms with E-state index in [1.807, 2.05) is 0 Å². The van der Waals surface area contributed by atoms with Gasteiger partial charge in [-0.3, -0.25) is 4.79 Å². The molecule has 2 aliphatic rings. The van der Waals surface area contributed by atoms with E-state index in [0.29, 0.717) is 58.1 Å². The van der Waals surface area contributed by atoms with E-state index in [2.05, 4.69) is 13.8 Å². The number of benzene rings is 2. The molecule has 176 valence electrons. The molecular weight excluding hydrogens is 422 g/mol. The van der Waals surface area contributed by atoms with E-state index in [0.717, 1.165) is 13.1 Å². The van der Waals surface area contributed by atoms with Crippen molar-refractivity contribution >= 4 is 11.9 Å². The molecule has 0 unspecified atom stereocenters. The highest BCUT2D eigenvalue weighted by atomic mass is 16.5. The number of allylic oxidation sites excluding steroid dienone is 1. The van der Waals surface area contributed by atoms with Crippen LogP contribution in [0.4, 0.5) is 0 Å². The third-order valence-corrected chi connectivity index (χ3v) is 6.41. The number of phenolic OH excluding ortho intramolecular Hbond substituents is 1. The molecule has 7 heteroatoms. The Morgan fingerprint density at radius 3 is 2.27 bits per heavy atom. The smallest absolute Gasteiger partial charge is 0.231 e. The van der Waals surface area contributed by atoms with Gasteiger partial charge in [0.25, 0.3) is 0 Å². The second kappa shape index (κ2) is 9.35. The normalized spacial score (nSPS) is 23.2. The minimum atomic E-state index is -0.213. The third kappa shape index (κ3) is 4.50. The van der Waals surface area contributed by atoms with Crippen LogP contribution in [0, 0.1) is 11.8 Å². The van der Waals surface area contributed by atoms with Gasteiger partial charge < -0.3 is 29.0 Å².